The standard InChI is InChI=1S/C16H22N4/c1-5-6-17-15-10-13(4)18-16(20-15)19-14-8-11(2)7-12(3)9-14/h7-10H,5-6H2,1-4H3,(H2,17,18,19,20). The molecule has 0 spiro atoms. The molecule has 0 aliphatic rings. The fourth-order valence-electron chi connectivity index (χ4n) is 2.14. The summed E-state index contributed by atoms with van der Waals surface area (Å²) < 4.78 is 0. The minimum absolute atomic E-state index is 0.633. The Bertz CT molecular complexity index is 573. The molecule has 20 heavy (non-hydrogen) atoms. The van der Waals surface area contributed by atoms with Crippen LogP contribution in [0.2, 0.25) is 0 Å². The van der Waals surface area contributed by atoms with Gasteiger partial charge in [-0.2, -0.15) is 4.98 Å². The molecule has 4 heteroatoms. The van der Waals surface area contributed by atoms with Crippen molar-refractivity contribution in [1.29, 1.82) is 0 Å². The summed E-state index contributed by atoms with van der Waals surface area (Å²) in [4.78, 5) is 8.93. The molecule has 1 aromatic heterocycles. The summed E-state index contributed by atoms with van der Waals surface area (Å²) in [6.07, 6.45) is 1.07. The lowest BCUT2D eigenvalue weighted by Gasteiger charge is -2.10. The number of hydrogen-bond donors (Lipinski definition) is 2. The first-order chi connectivity index (χ1) is 9.56. The van der Waals surface area contributed by atoms with Crippen molar-refractivity contribution in [1.82, 2.24) is 9.97 Å². The second-order valence-corrected chi connectivity index (χ2v) is 5.15. The Kier molecular flexibility index (Phi) is 4.56. The summed E-state index contributed by atoms with van der Waals surface area (Å²) in [5.41, 5.74) is 4.42. The molecule has 0 bridgehead atoms. The van der Waals surface area contributed by atoms with Crippen molar-refractivity contribution in [2.75, 3.05) is 17.2 Å². The number of nitrogens with one attached hydrogen (secondary N) is 2. The lowest BCUT2D eigenvalue weighted by molar-refractivity contribution is 0.962. The Hall–Kier alpha value is -2.10. The first-order valence-electron chi connectivity index (χ1n) is 7.01. The van der Waals surface area contributed by atoms with Crippen LogP contribution in [0.1, 0.15) is 30.2 Å². The molecule has 0 unspecified atom stereocenters. The van der Waals surface area contributed by atoms with Gasteiger partial charge in [0, 0.05) is 24.0 Å². The van der Waals surface area contributed by atoms with Gasteiger partial charge in [0.15, 0.2) is 0 Å². The van der Waals surface area contributed by atoms with Gasteiger partial charge in [0.25, 0.3) is 0 Å². The van der Waals surface area contributed by atoms with E-state index in [2.05, 4.69) is 59.6 Å². The average molecular weight is 270 g/mol. The fraction of sp³-hybridized carbons (Fsp3) is 0.375. The molecule has 0 aliphatic carbocycles. The SMILES string of the molecule is CCCNc1cc(C)nc(Nc2cc(C)cc(C)c2)n1. The van der Waals surface area contributed by atoms with Crippen molar-refractivity contribution >= 4 is 17.5 Å². The fourth-order valence-corrected chi connectivity index (χ4v) is 2.14. The van der Waals surface area contributed by atoms with Crippen LogP contribution in [-0.4, -0.2) is 16.5 Å². The highest BCUT2D eigenvalue weighted by atomic mass is 15.1. The molecule has 1 aromatic carbocycles. The van der Waals surface area contributed by atoms with Gasteiger partial charge in [0.1, 0.15) is 5.82 Å². The predicted molar refractivity (Wildman–Crippen MR) is 84.7 cm³/mol. The number of hydrogen-bond acceptors (Lipinski definition) is 4. The number of nitrogens with zero attached hydrogens (tertiary/aromatic N) is 2. The van der Waals surface area contributed by atoms with Gasteiger partial charge in [0.2, 0.25) is 5.95 Å². The van der Waals surface area contributed by atoms with E-state index in [1.54, 1.807) is 0 Å². The quantitative estimate of drug-likeness (QED) is 0.863. The van der Waals surface area contributed by atoms with E-state index in [1.165, 1.54) is 11.1 Å². The summed E-state index contributed by atoms with van der Waals surface area (Å²) in [5.74, 6) is 1.50. The molecule has 106 valence electrons. The van der Waals surface area contributed by atoms with E-state index in [0.717, 1.165) is 30.2 Å². The van der Waals surface area contributed by atoms with E-state index >= 15 is 0 Å². The largest absolute Gasteiger partial charge is 0.370 e. The van der Waals surface area contributed by atoms with Gasteiger partial charge in [-0.05, 0) is 50.5 Å². The number of anilines is 3. The van der Waals surface area contributed by atoms with Crippen molar-refractivity contribution < 1.29 is 0 Å². The molecule has 0 atom stereocenters. The Morgan fingerprint density at radius 3 is 2.30 bits per heavy atom. The molecule has 2 rings (SSSR count). The second kappa shape index (κ2) is 6.37. The zero-order valence-corrected chi connectivity index (χ0v) is 12.6. The minimum Gasteiger partial charge on any atom is -0.370 e. The molecule has 2 aromatic rings. The maximum Gasteiger partial charge on any atom is 0.229 e. The van der Waals surface area contributed by atoms with Crippen LogP contribution in [0.4, 0.5) is 17.5 Å². The van der Waals surface area contributed by atoms with Crippen LogP contribution in [0.5, 0.6) is 0 Å². The minimum atomic E-state index is 0.633. The normalized spacial score (nSPS) is 10.4. The van der Waals surface area contributed by atoms with Crippen molar-refractivity contribution in [2.45, 2.75) is 34.1 Å². The number of aromatic nitrogens is 2. The smallest absolute Gasteiger partial charge is 0.229 e. The zero-order valence-electron chi connectivity index (χ0n) is 12.6. The highest BCUT2D eigenvalue weighted by molar-refractivity contribution is 5.57. The summed E-state index contributed by atoms with van der Waals surface area (Å²) in [6, 6.07) is 8.30. The van der Waals surface area contributed by atoms with Gasteiger partial charge in [-0.1, -0.05) is 13.0 Å². The van der Waals surface area contributed by atoms with Crippen molar-refractivity contribution in [3.8, 4) is 0 Å². The third kappa shape index (κ3) is 3.95. The third-order valence-electron chi connectivity index (χ3n) is 2.89. The van der Waals surface area contributed by atoms with Crippen LogP contribution in [0.15, 0.2) is 24.3 Å². The molecule has 2 N–H and O–H groups in total. The highest BCUT2D eigenvalue weighted by Gasteiger charge is 2.03. The van der Waals surface area contributed by atoms with E-state index in [1.807, 2.05) is 13.0 Å². The topological polar surface area (TPSA) is 49.8 Å². The summed E-state index contributed by atoms with van der Waals surface area (Å²) in [6.45, 7) is 9.20. The molecule has 4 nitrogen and oxygen atoms in total. The monoisotopic (exact) mass is 270 g/mol. The van der Waals surface area contributed by atoms with Crippen LogP contribution >= 0.6 is 0 Å². The number of aryl methyl sites for hydroxylation is 3. The van der Waals surface area contributed by atoms with E-state index < -0.39 is 0 Å². The van der Waals surface area contributed by atoms with Gasteiger partial charge >= 0.3 is 0 Å². The van der Waals surface area contributed by atoms with Gasteiger partial charge in [0.05, 0.1) is 0 Å². The first-order valence-corrected chi connectivity index (χ1v) is 7.01. The van der Waals surface area contributed by atoms with Gasteiger partial charge in [-0.25, -0.2) is 4.98 Å². The summed E-state index contributed by atoms with van der Waals surface area (Å²) >= 11 is 0. The van der Waals surface area contributed by atoms with Crippen LogP contribution in [0.3, 0.4) is 0 Å². The van der Waals surface area contributed by atoms with Crippen molar-refractivity contribution in [3.05, 3.63) is 41.1 Å². The molecule has 0 amide bonds. The maximum absolute atomic E-state index is 4.49. The van der Waals surface area contributed by atoms with Crippen molar-refractivity contribution in [2.24, 2.45) is 0 Å². The van der Waals surface area contributed by atoms with Gasteiger partial charge < -0.3 is 10.6 Å². The highest BCUT2D eigenvalue weighted by Crippen LogP contribution is 2.18. The maximum atomic E-state index is 4.49. The Labute approximate surface area is 120 Å². The lowest BCUT2D eigenvalue weighted by atomic mass is 10.1. The molecule has 0 aliphatic heterocycles. The van der Waals surface area contributed by atoms with E-state index in [4.69, 9.17) is 0 Å². The van der Waals surface area contributed by atoms with Crippen molar-refractivity contribution in [3.63, 3.8) is 0 Å². The third-order valence-corrected chi connectivity index (χ3v) is 2.89. The molecular weight excluding hydrogens is 248 g/mol. The summed E-state index contributed by atoms with van der Waals surface area (Å²) in [5, 5.41) is 6.57. The van der Waals surface area contributed by atoms with E-state index in [-0.39, 0.29) is 0 Å². The molecular formula is C16H22N4. The van der Waals surface area contributed by atoms with Crippen LogP contribution < -0.4 is 10.6 Å². The molecule has 0 saturated heterocycles. The lowest BCUT2D eigenvalue weighted by Crippen LogP contribution is -2.06. The Morgan fingerprint density at radius 2 is 1.65 bits per heavy atom. The summed E-state index contributed by atoms with van der Waals surface area (Å²) in [7, 11) is 0. The predicted octanol–water partition coefficient (Wildman–Crippen LogP) is 3.97. The molecule has 0 radical (unpaired) electrons. The number of benzene rings is 1. The first kappa shape index (κ1) is 14.3. The number of rotatable bonds is 5. The Balaban J connectivity index is 2.21. The second-order valence-electron chi connectivity index (χ2n) is 5.15. The molecule has 0 saturated carbocycles. The van der Waals surface area contributed by atoms with E-state index in [0.29, 0.717) is 5.95 Å². The average Bonchev–Trinajstić information content (AvgIpc) is 2.34. The molecule has 1 heterocycles. The van der Waals surface area contributed by atoms with Crippen LogP contribution in [-0.2, 0) is 0 Å². The van der Waals surface area contributed by atoms with Gasteiger partial charge in [-0.15, -0.1) is 0 Å². The van der Waals surface area contributed by atoms with Gasteiger partial charge in [-0.3, -0.25) is 0 Å². The Morgan fingerprint density at radius 1 is 0.950 bits per heavy atom. The van der Waals surface area contributed by atoms with Crippen LogP contribution in [0, 0.1) is 20.8 Å². The van der Waals surface area contributed by atoms with E-state index in [9.17, 15) is 0 Å². The van der Waals surface area contributed by atoms with Crippen LogP contribution in [0.25, 0.3) is 0 Å². The molecule has 0 fully saturated rings. The zero-order chi connectivity index (χ0) is 14.5.